The Balaban J connectivity index is 1.56. The maximum absolute atomic E-state index is 5.17. The third-order valence-electron chi connectivity index (χ3n) is 3.54. The smallest absolute Gasteiger partial charge is 0.151 e. The first-order valence-electron chi connectivity index (χ1n) is 7.72. The maximum Gasteiger partial charge on any atom is 0.151 e. The standard InChI is InChI=1S/C20H19NOS2/c1-15(7-8-16-9-11-17(22-2)12-10-16)13-14-23-20-21-18-5-3-4-6-19(18)24-20/h3-13H,14H2,1-2H3/b8-7+,15-13+. The zero-order valence-corrected chi connectivity index (χ0v) is 15.4. The average molecular weight is 354 g/mol. The molecule has 0 aliphatic carbocycles. The molecule has 0 radical (unpaired) electrons. The molecule has 3 rings (SSSR count). The van der Waals surface area contributed by atoms with Gasteiger partial charge < -0.3 is 4.74 Å². The van der Waals surface area contributed by atoms with Gasteiger partial charge in [0.1, 0.15) is 5.75 Å². The van der Waals surface area contributed by atoms with Crippen molar-refractivity contribution in [3.05, 3.63) is 71.8 Å². The summed E-state index contributed by atoms with van der Waals surface area (Å²) in [5, 5.41) is 0. The van der Waals surface area contributed by atoms with Crippen molar-refractivity contribution in [3.63, 3.8) is 0 Å². The Bertz CT molecular complexity index is 830. The first-order valence-corrected chi connectivity index (χ1v) is 9.52. The topological polar surface area (TPSA) is 22.1 Å². The minimum Gasteiger partial charge on any atom is -0.497 e. The highest BCUT2D eigenvalue weighted by molar-refractivity contribution is 8.01. The quantitative estimate of drug-likeness (QED) is 0.397. The van der Waals surface area contributed by atoms with Gasteiger partial charge in [-0.1, -0.05) is 59.8 Å². The number of nitrogens with zero attached hydrogens (tertiary/aromatic N) is 1. The molecule has 0 amide bonds. The summed E-state index contributed by atoms with van der Waals surface area (Å²) in [5.41, 5.74) is 3.51. The van der Waals surface area contributed by atoms with Crippen molar-refractivity contribution < 1.29 is 4.74 Å². The van der Waals surface area contributed by atoms with Crippen LogP contribution in [-0.2, 0) is 0 Å². The second kappa shape index (κ2) is 8.18. The minimum absolute atomic E-state index is 0.881. The number of hydrogen-bond donors (Lipinski definition) is 0. The van der Waals surface area contributed by atoms with E-state index in [-0.39, 0.29) is 0 Å². The summed E-state index contributed by atoms with van der Waals surface area (Å²) < 4.78 is 7.54. The van der Waals surface area contributed by atoms with Crippen LogP contribution < -0.4 is 4.74 Å². The van der Waals surface area contributed by atoms with E-state index in [0.717, 1.165) is 21.4 Å². The molecule has 0 spiro atoms. The number of thiazole rings is 1. The third kappa shape index (κ3) is 4.49. The van der Waals surface area contributed by atoms with Crippen molar-refractivity contribution in [2.75, 3.05) is 12.9 Å². The number of para-hydroxylation sites is 1. The van der Waals surface area contributed by atoms with E-state index in [0.29, 0.717) is 0 Å². The molecule has 4 heteroatoms. The van der Waals surface area contributed by atoms with E-state index in [4.69, 9.17) is 4.74 Å². The number of ether oxygens (including phenoxy) is 1. The fourth-order valence-electron chi connectivity index (χ4n) is 2.17. The van der Waals surface area contributed by atoms with Gasteiger partial charge in [-0.3, -0.25) is 0 Å². The first kappa shape index (κ1) is 16.8. The van der Waals surface area contributed by atoms with Crippen molar-refractivity contribution in [1.29, 1.82) is 0 Å². The van der Waals surface area contributed by atoms with Crippen molar-refractivity contribution in [1.82, 2.24) is 4.98 Å². The monoisotopic (exact) mass is 353 g/mol. The predicted octanol–water partition coefficient (Wildman–Crippen LogP) is 6.06. The first-order chi connectivity index (χ1) is 11.7. The second-order valence-electron chi connectivity index (χ2n) is 5.31. The Morgan fingerprint density at radius 2 is 1.96 bits per heavy atom. The van der Waals surface area contributed by atoms with Crippen LogP contribution in [0.15, 0.2) is 70.6 Å². The lowest BCUT2D eigenvalue weighted by atomic mass is 10.1. The van der Waals surface area contributed by atoms with Gasteiger partial charge in [0.15, 0.2) is 4.34 Å². The summed E-state index contributed by atoms with van der Waals surface area (Å²) in [5.74, 6) is 1.81. The Morgan fingerprint density at radius 1 is 1.17 bits per heavy atom. The van der Waals surface area contributed by atoms with Crippen LogP contribution >= 0.6 is 23.1 Å². The van der Waals surface area contributed by atoms with E-state index in [1.165, 1.54) is 15.8 Å². The predicted molar refractivity (Wildman–Crippen MR) is 106 cm³/mol. The van der Waals surface area contributed by atoms with Gasteiger partial charge in [0, 0.05) is 5.75 Å². The van der Waals surface area contributed by atoms with Gasteiger partial charge in [0.25, 0.3) is 0 Å². The van der Waals surface area contributed by atoms with Crippen molar-refractivity contribution in [2.24, 2.45) is 0 Å². The molecule has 0 saturated heterocycles. The molecule has 0 bridgehead atoms. The van der Waals surface area contributed by atoms with Gasteiger partial charge in [-0.15, -0.1) is 11.3 Å². The number of thioether (sulfide) groups is 1. The summed E-state index contributed by atoms with van der Waals surface area (Å²) in [6.07, 6.45) is 6.49. The van der Waals surface area contributed by atoms with Gasteiger partial charge in [0.2, 0.25) is 0 Å². The SMILES string of the molecule is COc1ccc(/C=C/C(C)=C/CSc2nc3ccccc3s2)cc1. The van der Waals surface area contributed by atoms with E-state index in [2.05, 4.69) is 60.5 Å². The molecule has 0 atom stereocenters. The highest BCUT2D eigenvalue weighted by atomic mass is 32.2. The summed E-state index contributed by atoms with van der Waals surface area (Å²) >= 11 is 3.54. The number of aromatic nitrogens is 1. The van der Waals surface area contributed by atoms with Crippen LogP contribution in [0.4, 0.5) is 0 Å². The number of allylic oxidation sites excluding steroid dienone is 2. The molecule has 24 heavy (non-hydrogen) atoms. The van der Waals surface area contributed by atoms with Crippen LogP contribution in [0.25, 0.3) is 16.3 Å². The van der Waals surface area contributed by atoms with Gasteiger partial charge in [-0.25, -0.2) is 4.98 Å². The molecular formula is C20H19NOS2. The number of fused-ring (bicyclic) bond motifs is 1. The van der Waals surface area contributed by atoms with Crippen molar-refractivity contribution in [3.8, 4) is 5.75 Å². The Morgan fingerprint density at radius 3 is 2.71 bits per heavy atom. The Labute approximate surface area is 150 Å². The second-order valence-corrected chi connectivity index (χ2v) is 7.61. The van der Waals surface area contributed by atoms with Gasteiger partial charge in [-0.05, 0) is 36.8 Å². The Hall–Kier alpha value is -2.04. The molecule has 2 aromatic carbocycles. The van der Waals surface area contributed by atoms with Gasteiger partial charge >= 0.3 is 0 Å². The molecule has 0 aliphatic heterocycles. The molecule has 2 nitrogen and oxygen atoms in total. The normalized spacial score (nSPS) is 12.2. The number of benzene rings is 2. The lowest BCUT2D eigenvalue weighted by Gasteiger charge is -1.99. The fraction of sp³-hybridized carbons (Fsp3) is 0.150. The lowest BCUT2D eigenvalue weighted by molar-refractivity contribution is 0.415. The van der Waals surface area contributed by atoms with E-state index in [1.807, 2.05) is 18.2 Å². The Kier molecular flexibility index (Phi) is 5.72. The van der Waals surface area contributed by atoms with E-state index in [9.17, 15) is 0 Å². The number of hydrogen-bond acceptors (Lipinski definition) is 4. The molecule has 1 aromatic heterocycles. The fourth-order valence-corrected chi connectivity index (χ4v) is 4.23. The van der Waals surface area contributed by atoms with Crippen LogP contribution in [0.3, 0.4) is 0 Å². The van der Waals surface area contributed by atoms with E-state index in [1.54, 1.807) is 30.2 Å². The van der Waals surface area contributed by atoms with Crippen LogP contribution in [0.2, 0.25) is 0 Å². The third-order valence-corrected chi connectivity index (χ3v) is 5.65. The minimum atomic E-state index is 0.881. The maximum atomic E-state index is 5.17. The molecule has 0 unspecified atom stereocenters. The number of rotatable bonds is 6. The van der Waals surface area contributed by atoms with E-state index >= 15 is 0 Å². The molecule has 0 fully saturated rings. The number of methoxy groups -OCH3 is 1. The van der Waals surface area contributed by atoms with Crippen LogP contribution in [0.1, 0.15) is 12.5 Å². The highest BCUT2D eigenvalue weighted by Crippen LogP contribution is 2.29. The molecule has 122 valence electrons. The largest absolute Gasteiger partial charge is 0.497 e. The van der Waals surface area contributed by atoms with Crippen molar-refractivity contribution >= 4 is 39.4 Å². The van der Waals surface area contributed by atoms with Crippen LogP contribution in [-0.4, -0.2) is 17.8 Å². The van der Waals surface area contributed by atoms with Gasteiger partial charge in [0.05, 0.1) is 17.3 Å². The van der Waals surface area contributed by atoms with Crippen LogP contribution in [0, 0.1) is 0 Å². The molecule has 0 N–H and O–H groups in total. The molecule has 3 aromatic rings. The summed E-state index contributed by atoms with van der Waals surface area (Å²) in [4.78, 5) is 4.64. The average Bonchev–Trinajstić information content (AvgIpc) is 3.03. The van der Waals surface area contributed by atoms with Crippen molar-refractivity contribution in [2.45, 2.75) is 11.3 Å². The molecule has 1 heterocycles. The molecule has 0 aliphatic rings. The summed E-state index contributed by atoms with van der Waals surface area (Å²) in [7, 11) is 1.68. The highest BCUT2D eigenvalue weighted by Gasteiger charge is 2.02. The van der Waals surface area contributed by atoms with E-state index < -0.39 is 0 Å². The van der Waals surface area contributed by atoms with Gasteiger partial charge in [-0.2, -0.15) is 0 Å². The summed E-state index contributed by atoms with van der Waals surface area (Å²) in [6, 6.07) is 16.3. The summed E-state index contributed by atoms with van der Waals surface area (Å²) in [6.45, 7) is 2.12. The zero-order chi connectivity index (χ0) is 16.8. The molecular weight excluding hydrogens is 334 g/mol. The lowest BCUT2D eigenvalue weighted by Crippen LogP contribution is -1.81. The molecule has 0 saturated carbocycles. The van der Waals surface area contributed by atoms with Crippen LogP contribution in [0.5, 0.6) is 5.75 Å². The zero-order valence-electron chi connectivity index (χ0n) is 13.7.